The number of hydrogen-bond acceptors (Lipinski definition) is 5. The largest absolute Gasteiger partial charge is 0.495 e. The van der Waals surface area contributed by atoms with Gasteiger partial charge in [-0.3, -0.25) is 4.99 Å². The molecule has 156 valence electrons. The van der Waals surface area contributed by atoms with Crippen LogP contribution in [0.3, 0.4) is 0 Å². The van der Waals surface area contributed by atoms with Crippen molar-refractivity contribution in [1.29, 1.82) is 0 Å². The molecule has 7 heteroatoms. The molecule has 2 aliphatic heterocycles. The average molecular weight is 391 g/mol. The van der Waals surface area contributed by atoms with Gasteiger partial charge in [-0.05, 0) is 37.8 Å². The topological polar surface area (TPSA) is 67.4 Å². The lowest BCUT2D eigenvalue weighted by Crippen LogP contribution is -2.45. The molecule has 1 aromatic carbocycles. The number of hydrogen-bond donors (Lipinski definition) is 2. The van der Waals surface area contributed by atoms with Crippen LogP contribution in [0.15, 0.2) is 29.3 Å². The third-order valence-electron chi connectivity index (χ3n) is 5.26. The van der Waals surface area contributed by atoms with Gasteiger partial charge in [0, 0.05) is 45.9 Å². The van der Waals surface area contributed by atoms with Gasteiger partial charge >= 0.3 is 0 Å². The number of nitrogens with one attached hydrogen (secondary N) is 2. The summed E-state index contributed by atoms with van der Waals surface area (Å²) in [5.41, 5.74) is 1.15. The molecule has 2 aliphatic rings. The Bertz CT molecular complexity index is 619. The summed E-state index contributed by atoms with van der Waals surface area (Å²) in [6, 6.07) is 8.55. The van der Waals surface area contributed by atoms with Crippen molar-refractivity contribution in [2.45, 2.75) is 37.8 Å². The summed E-state index contributed by atoms with van der Waals surface area (Å²) in [5.74, 6) is 1.78. The number of para-hydroxylation sites is 2. The molecule has 0 aliphatic carbocycles. The van der Waals surface area contributed by atoms with Crippen LogP contribution in [0.25, 0.3) is 0 Å². The van der Waals surface area contributed by atoms with Crippen LogP contribution in [-0.4, -0.2) is 71.7 Å². The van der Waals surface area contributed by atoms with Crippen LogP contribution < -0.4 is 20.3 Å². The van der Waals surface area contributed by atoms with Crippen LogP contribution in [0, 0.1) is 0 Å². The molecule has 1 aromatic rings. The SMILES string of the molecule is CN=C(NCCCOCC1CCCO1)NC1CCN(c2ccccc2OC)C1. The minimum absolute atomic E-state index is 0.302. The predicted octanol–water partition coefficient (Wildman–Crippen LogP) is 2.02. The van der Waals surface area contributed by atoms with E-state index in [0.717, 1.165) is 75.9 Å². The standard InChI is InChI=1S/C21H34N4O3/c1-22-21(23-11-6-13-27-16-18-7-5-14-28-18)24-17-10-12-25(15-17)19-8-3-4-9-20(19)26-2/h3-4,8-9,17-18H,5-7,10-16H2,1-2H3,(H2,22,23,24). The van der Waals surface area contributed by atoms with Gasteiger partial charge in [0.05, 0.1) is 25.5 Å². The number of benzene rings is 1. The molecule has 0 radical (unpaired) electrons. The third-order valence-corrected chi connectivity index (χ3v) is 5.26. The Morgan fingerprint density at radius 2 is 2.21 bits per heavy atom. The summed E-state index contributed by atoms with van der Waals surface area (Å²) in [7, 11) is 3.54. The van der Waals surface area contributed by atoms with Crippen molar-refractivity contribution >= 4 is 11.6 Å². The smallest absolute Gasteiger partial charge is 0.191 e. The van der Waals surface area contributed by atoms with E-state index in [-0.39, 0.29) is 0 Å². The van der Waals surface area contributed by atoms with E-state index in [0.29, 0.717) is 18.8 Å². The normalized spacial score (nSPS) is 22.5. The average Bonchev–Trinajstić information content (AvgIpc) is 3.41. The maximum absolute atomic E-state index is 5.71. The Hall–Kier alpha value is -1.99. The van der Waals surface area contributed by atoms with Gasteiger partial charge in [-0.1, -0.05) is 12.1 Å². The predicted molar refractivity (Wildman–Crippen MR) is 113 cm³/mol. The molecule has 0 amide bonds. The van der Waals surface area contributed by atoms with E-state index in [1.165, 1.54) is 0 Å². The Kier molecular flexibility index (Phi) is 8.23. The highest BCUT2D eigenvalue weighted by Crippen LogP contribution is 2.30. The fourth-order valence-corrected chi connectivity index (χ4v) is 3.75. The first-order chi connectivity index (χ1) is 13.8. The Balaban J connectivity index is 1.33. The van der Waals surface area contributed by atoms with E-state index < -0.39 is 0 Å². The third kappa shape index (κ3) is 6.01. The van der Waals surface area contributed by atoms with E-state index >= 15 is 0 Å². The number of anilines is 1. The lowest BCUT2D eigenvalue weighted by Gasteiger charge is -2.22. The molecule has 2 fully saturated rings. The van der Waals surface area contributed by atoms with Crippen molar-refractivity contribution in [2.24, 2.45) is 4.99 Å². The van der Waals surface area contributed by atoms with Crippen LogP contribution in [0.4, 0.5) is 5.69 Å². The summed E-state index contributed by atoms with van der Waals surface area (Å²) < 4.78 is 16.8. The summed E-state index contributed by atoms with van der Waals surface area (Å²) in [6.45, 7) is 5.13. The molecule has 0 aromatic heterocycles. The molecule has 0 bridgehead atoms. The molecular weight excluding hydrogens is 356 g/mol. The zero-order valence-electron chi connectivity index (χ0n) is 17.2. The van der Waals surface area contributed by atoms with Crippen molar-refractivity contribution < 1.29 is 14.2 Å². The maximum atomic E-state index is 5.71. The number of nitrogens with zero attached hydrogens (tertiary/aromatic N) is 2. The quantitative estimate of drug-likeness (QED) is 0.382. The van der Waals surface area contributed by atoms with E-state index in [9.17, 15) is 0 Å². The van der Waals surface area contributed by atoms with Gasteiger partial charge in [0.2, 0.25) is 0 Å². The summed E-state index contributed by atoms with van der Waals surface area (Å²) in [5, 5.41) is 6.92. The van der Waals surface area contributed by atoms with Crippen molar-refractivity contribution in [3.05, 3.63) is 24.3 Å². The van der Waals surface area contributed by atoms with E-state index in [4.69, 9.17) is 14.2 Å². The second-order valence-corrected chi connectivity index (χ2v) is 7.31. The minimum atomic E-state index is 0.302. The summed E-state index contributed by atoms with van der Waals surface area (Å²) in [4.78, 5) is 6.72. The van der Waals surface area contributed by atoms with E-state index in [1.807, 2.05) is 19.2 Å². The highest BCUT2D eigenvalue weighted by molar-refractivity contribution is 5.80. The summed E-state index contributed by atoms with van der Waals surface area (Å²) in [6.07, 6.45) is 4.61. The molecule has 28 heavy (non-hydrogen) atoms. The van der Waals surface area contributed by atoms with Gasteiger partial charge in [0.25, 0.3) is 0 Å². The van der Waals surface area contributed by atoms with E-state index in [1.54, 1.807) is 7.11 Å². The lowest BCUT2D eigenvalue weighted by atomic mass is 10.2. The molecule has 2 saturated heterocycles. The minimum Gasteiger partial charge on any atom is -0.495 e. The highest BCUT2D eigenvalue weighted by atomic mass is 16.5. The Labute approximate surface area is 168 Å². The van der Waals surface area contributed by atoms with Crippen LogP contribution in [-0.2, 0) is 9.47 Å². The first kappa shape index (κ1) is 20.7. The first-order valence-corrected chi connectivity index (χ1v) is 10.3. The Morgan fingerprint density at radius 1 is 1.32 bits per heavy atom. The number of guanidine groups is 1. The van der Waals surface area contributed by atoms with E-state index in [2.05, 4.69) is 32.7 Å². The number of aliphatic imine (C=N–C) groups is 1. The fraction of sp³-hybridized carbons (Fsp3) is 0.667. The molecule has 2 heterocycles. The maximum Gasteiger partial charge on any atom is 0.191 e. The molecule has 0 saturated carbocycles. The molecule has 2 unspecified atom stereocenters. The second-order valence-electron chi connectivity index (χ2n) is 7.31. The zero-order chi connectivity index (χ0) is 19.6. The number of rotatable bonds is 9. The monoisotopic (exact) mass is 390 g/mol. The molecular formula is C21H34N4O3. The lowest BCUT2D eigenvalue weighted by molar-refractivity contribution is 0.0168. The zero-order valence-corrected chi connectivity index (χ0v) is 17.2. The first-order valence-electron chi connectivity index (χ1n) is 10.3. The fourth-order valence-electron chi connectivity index (χ4n) is 3.75. The molecule has 7 nitrogen and oxygen atoms in total. The molecule has 2 atom stereocenters. The van der Waals surface area contributed by atoms with Gasteiger partial charge in [-0.15, -0.1) is 0 Å². The number of methoxy groups -OCH3 is 1. The second kappa shape index (κ2) is 11.1. The van der Waals surface area contributed by atoms with Crippen LogP contribution in [0.2, 0.25) is 0 Å². The summed E-state index contributed by atoms with van der Waals surface area (Å²) >= 11 is 0. The van der Waals surface area contributed by atoms with Gasteiger partial charge in [0.15, 0.2) is 5.96 Å². The Morgan fingerprint density at radius 3 is 3.00 bits per heavy atom. The van der Waals surface area contributed by atoms with Crippen molar-refractivity contribution in [2.75, 3.05) is 58.5 Å². The van der Waals surface area contributed by atoms with Gasteiger partial charge in [0.1, 0.15) is 5.75 Å². The van der Waals surface area contributed by atoms with Crippen LogP contribution in [0.1, 0.15) is 25.7 Å². The molecule has 3 rings (SSSR count). The van der Waals surface area contributed by atoms with Crippen molar-refractivity contribution in [3.63, 3.8) is 0 Å². The van der Waals surface area contributed by atoms with Gasteiger partial charge < -0.3 is 29.7 Å². The highest BCUT2D eigenvalue weighted by Gasteiger charge is 2.25. The van der Waals surface area contributed by atoms with Crippen molar-refractivity contribution in [1.82, 2.24) is 10.6 Å². The number of ether oxygens (including phenoxy) is 3. The van der Waals surface area contributed by atoms with Crippen molar-refractivity contribution in [3.8, 4) is 5.75 Å². The van der Waals surface area contributed by atoms with Crippen LogP contribution in [0.5, 0.6) is 5.75 Å². The molecule has 2 N–H and O–H groups in total. The molecule has 0 spiro atoms. The van der Waals surface area contributed by atoms with Gasteiger partial charge in [-0.2, -0.15) is 0 Å². The van der Waals surface area contributed by atoms with Gasteiger partial charge in [-0.25, -0.2) is 0 Å². The van der Waals surface area contributed by atoms with Crippen LogP contribution >= 0.6 is 0 Å².